The van der Waals surface area contributed by atoms with E-state index in [9.17, 15) is 0 Å². The van der Waals surface area contributed by atoms with Gasteiger partial charge in [0, 0.05) is 5.33 Å². The molecule has 0 atom stereocenters. The molecule has 88 valence electrons. The Balaban J connectivity index is 2.21. The van der Waals surface area contributed by atoms with E-state index in [0.717, 1.165) is 16.6 Å². The van der Waals surface area contributed by atoms with Crippen LogP contribution >= 0.6 is 27.5 Å². The number of rotatable bonds is 3. The third-order valence-electron chi connectivity index (χ3n) is 2.40. The molecule has 0 bridgehead atoms. The third kappa shape index (κ3) is 3.24. The van der Waals surface area contributed by atoms with E-state index in [1.165, 1.54) is 5.56 Å². The number of hydrogen-bond donors (Lipinski definition) is 0. The first kappa shape index (κ1) is 12.5. The molecule has 0 fully saturated rings. The maximum Gasteiger partial charge on any atom is 0.146 e. The van der Waals surface area contributed by atoms with Crippen LogP contribution in [0.5, 0.6) is 11.5 Å². The molecule has 0 aliphatic rings. The van der Waals surface area contributed by atoms with E-state index in [1.807, 2.05) is 49.4 Å². The van der Waals surface area contributed by atoms with Crippen molar-refractivity contribution in [2.24, 2.45) is 0 Å². The van der Waals surface area contributed by atoms with Crippen molar-refractivity contribution in [3.05, 3.63) is 58.6 Å². The van der Waals surface area contributed by atoms with Crippen LogP contribution in [0, 0.1) is 6.92 Å². The van der Waals surface area contributed by atoms with Crippen molar-refractivity contribution in [1.82, 2.24) is 0 Å². The fourth-order valence-corrected chi connectivity index (χ4v) is 2.03. The molecule has 0 saturated heterocycles. The Labute approximate surface area is 115 Å². The fourth-order valence-electron chi connectivity index (χ4n) is 1.44. The molecule has 0 aliphatic carbocycles. The molecular weight excluding hydrogens is 300 g/mol. The number of alkyl halides is 1. The largest absolute Gasteiger partial charge is 0.456 e. The van der Waals surface area contributed by atoms with Crippen LogP contribution in [-0.2, 0) is 5.33 Å². The van der Waals surface area contributed by atoms with Crippen LogP contribution in [-0.4, -0.2) is 0 Å². The molecule has 2 aromatic carbocycles. The maximum atomic E-state index is 6.14. The lowest BCUT2D eigenvalue weighted by molar-refractivity contribution is 0.482. The Morgan fingerprint density at radius 3 is 2.41 bits per heavy atom. The lowest BCUT2D eigenvalue weighted by atomic mass is 10.2. The van der Waals surface area contributed by atoms with E-state index in [4.69, 9.17) is 16.3 Å². The van der Waals surface area contributed by atoms with Crippen LogP contribution in [0.15, 0.2) is 42.5 Å². The van der Waals surface area contributed by atoms with E-state index in [0.29, 0.717) is 10.8 Å². The van der Waals surface area contributed by atoms with Gasteiger partial charge in [-0.25, -0.2) is 0 Å². The molecule has 0 amide bonds. The summed E-state index contributed by atoms with van der Waals surface area (Å²) in [6, 6.07) is 13.7. The number of aryl methyl sites for hydroxylation is 1. The van der Waals surface area contributed by atoms with Crippen molar-refractivity contribution in [3.63, 3.8) is 0 Å². The Bertz CT molecular complexity index is 508. The Morgan fingerprint density at radius 1 is 1.12 bits per heavy atom. The molecule has 2 rings (SSSR count). The highest BCUT2D eigenvalue weighted by molar-refractivity contribution is 9.08. The third-order valence-corrected chi connectivity index (χ3v) is 3.34. The lowest BCUT2D eigenvalue weighted by Gasteiger charge is -2.08. The monoisotopic (exact) mass is 310 g/mol. The van der Waals surface area contributed by atoms with E-state index in [2.05, 4.69) is 15.9 Å². The van der Waals surface area contributed by atoms with Crippen LogP contribution in [0.1, 0.15) is 11.1 Å². The summed E-state index contributed by atoms with van der Waals surface area (Å²) >= 11 is 9.54. The van der Waals surface area contributed by atoms with Gasteiger partial charge < -0.3 is 4.74 Å². The molecule has 3 heteroatoms. The van der Waals surface area contributed by atoms with Gasteiger partial charge in [-0.15, -0.1) is 0 Å². The van der Waals surface area contributed by atoms with Crippen molar-refractivity contribution in [2.45, 2.75) is 12.3 Å². The fraction of sp³-hybridized carbons (Fsp3) is 0.143. The molecular formula is C14H12BrClO. The average molecular weight is 312 g/mol. The van der Waals surface area contributed by atoms with Gasteiger partial charge in [0.2, 0.25) is 0 Å². The molecule has 0 heterocycles. The molecule has 0 unspecified atom stereocenters. The smallest absolute Gasteiger partial charge is 0.146 e. The molecule has 0 aliphatic heterocycles. The van der Waals surface area contributed by atoms with Gasteiger partial charge in [-0.05, 0) is 36.8 Å². The molecule has 2 aromatic rings. The SMILES string of the molecule is Cc1ccc(Oc2ccc(CBr)cc2Cl)cc1. The zero-order valence-corrected chi connectivity index (χ0v) is 11.8. The molecule has 1 nitrogen and oxygen atoms in total. The van der Waals surface area contributed by atoms with Gasteiger partial charge in [0.05, 0.1) is 5.02 Å². The first-order valence-corrected chi connectivity index (χ1v) is 6.78. The topological polar surface area (TPSA) is 9.23 Å². The summed E-state index contributed by atoms with van der Waals surface area (Å²) in [6.07, 6.45) is 0. The predicted molar refractivity (Wildman–Crippen MR) is 75.3 cm³/mol. The van der Waals surface area contributed by atoms with Gasteiger partial charge >= 0.3 is 0 Å². The first-order valence-electron chi connectivity index (χ1n) is 5.28. The van der Waals surface area contributed by atoms with Crippen molar-refractivity contribution in [1.29, 1.82) is 0 Å². The minimum atomic E-state index is 0.627. The summed E-state index contributed by atoms with van der Waals surface area (Å²) in [5, 5.41) is 1.42. The molecule has 17 heavy (non-hydrogen) atoms. The van der Waals surface area contributed by atoms with Crippen molar-refractivity contribution < 1.29 is 4.74 Å². The van der Waals surface area contributed by atoms with Gasteiger partial charge in [-0.3, -0.25) is 0 Å². The minimum Gasteiger partial charge on any atom is -0.456 e. The van der Waals surface area contributed by atoms with Gasteiger partial charge in [0.15, 0.2) is 0 Å². The van der Waals surface area contributed by atoms with Crippen LogP contribution in [0.25, 0.3) is 0 Å². The summed E-state index contributed by atoms with van der Waals surface area (Å²) in [5.74, 6) is 1.48. The van der Waals surface area contributed by atoms with E-state index >= 15 is 0 Å². The second kappa shape index (κ2) is 5.56. The molecule has 0 radical (unpaired) electrons. The van der Waals surface area contributed by atoms with Crippen LogP contribution in [0.2, 0.25) is 5.02 Å². The van der Waals surface area contributed by atoms with Gasteiger partial charge in [-0.2, -0.15) is 0 Å². The zero-order valence-electron chi connectivity index (χ0n) is 9.41. The van der Waals surface area contributed by atoms with Gasteiger partial charge in [0.25, 0.3) is 0 Å². The quantitative estimate of drug-likeness (QED) is 0.696. The summed E-state index contributed by atoms with van der Waals surface area (Å²) in [4.78, 5) is 0. The van der Waals surface area contributed by atoms with Crippen molar-refractivity contribution >= 4 is 27.5 Å². The second-order valence-electron chi connectivity index (χ2n) is 3.81. The van der Waals surface area contributed by atoms with Gasteiger partial charge in [-0.1, -0.05) is 51.3 Å². The Morgan fingerprint density at radius 2 is 1.82 bits per heavy atom. The summed E-state index contributed by atoms with van der Waals surface area (Å²) in [6.45, 7) is 2.04. The highest BCUT2D eigenvalue weighted by Gasteiger charge is 2.04. The van der Waals surface area contributed by atoms with E-state index in [-0.39, 0.29) is 0 Å². The number of benzene rings is 2. The minimum absolute atomic E-state index is 0.627. The van der Waals surface area contributed by atoms with Gasteiger partial charge in [0.1, 0.15) is 11.5 Å². The van der Waals surface area contributed by atoms with Crippen LogP contribution < -0.4 is 4.74 Å². The standard InChI is InChI=1S/C14H12BrClO/c1-10-2-5-12(6-3-10)17-14-7-4-11(9-15)8-13(14)16/h2-8H,9H2,1H3. The summed E-state index contributed by atoms with van der Waals surface area (Å²) < 4.78 is 5.72. The summed E-state index contributed by atoms with van der Waals surface area (Å²) in [7, 11) is 0. The molecule has 0 N–H and O–H groups in total. The number of hydrogen-bond acceptors (Lipinski definition) is 1. The van der Waals surface area contributed by atoms with Crippen LogP contribution in [0.4, 0.5) is 0 Å². The zero-order chi connectivity index (χ0) is 12.3. The number of halogens is 2. The second-order valence-corrected chi connectivity index (χ2v) is 4.78. The molecule has 0 spiro atoms. The maximum absolute atomic E-state index is 6.14. The first-order chi connectivity index (χ1) is 8.19. The molecule has 0 saturated carbocycles. The predicted octanol–water partition coefficient (Wildman–Crippen LogP) is 5.34. The average Bonchev–Trinajstić information content (AvgIpc) is 2.34. The van der Waals surface area contributed by atoms with Crippen molar-refractivity contribution in [2.75, 3.05) is 0 Å². The highest BCUT2D eigenvalue weighted by atomic mass is 79.9. The van der Waals surface area contributed by atoms with E-state index in [1.54, 1.807) is 0 Å². The Kier molecular flexibility index (Phi) is 4.08. The Hall–Kier alpha value is -0.990. The normalized spacial score (nSPS) is 10.3. The lowest BCUT2D eigenvalue weighted by Crippen LogP contribution is -1.87. The summed E-state index contributed by atoms with van der Waals surface area (Å²) in [5.41, 5.74) is 2.34. The van der Waals surface area contributed by atoms with Crippen LogP contribution in [0.3, 0.4) is 0 Å². The number of ether oxygens (including phenoxy) is 1. The molecule has 0 aromatic heterocycles. The van der Waals surface area contributed by atoms with Crippen molar-refractivity contribution in [3.8, 4) is 11.5 Å². The van der Waals surface area contributed by atoms with E-state index < -0.39 is 0 Å². The highest BCUT2D eigenvalue weighted by Crippen LogP contribution is 2.30.